The minimum Gasteiger partial charge on any atom is -0.469 e. The van der Waals surface area contributed by atoms with Gasteiger partial charge in [0.25, 0.3) is 0 Å². The highest BCUT2D eigenvalue weighted by Gasteiger charge is 2.33. The van der Waals surface area contributed by atoms with E-state index >= 15 is 0 Å². The molecule has 1 fully saturated rings. The molecule has 3 rings (SSSR count). The van der Waals surface area contributed by atoms with E-state index in [-0.39, 0.29) is 5.41 Å². The summed E-state index contributed by atoms with van der Waals surface area (Å²) in [5.74, 6) is 1.06. The SMILES string of the molecule is c1ccc(C2(CNCCc3ccco3)CCNCC2)cc1. The summed E-state index contributed by atoms with van der Waals surface area (Å²) in [4.78, 5) is 0. The second-order valence-corrected chi connectivity index (χ2v) is 5.90. The van der Waals surface area contributed by atoms with Crippen molar-refractivity contribution in [2.75, 3.05) is 26.2 Å². The van der Waals surface area contributed by atoms with E-state index in [2.05, 4.69) is 41.0 Å². The highest BCUT2D eigenvalue weighted by molar-refractivity contribution is 5.27. The van der Waals surface area contributed by atoms with Gasteiger partial charge in [0.2, 0.25) is 0 Å². The Labute approximate surface area is 126 Å². The van der Waals surface area contributed by atoms with Crippen LogP contribution in [0.15, 0.2) is 53.1 Å². The van der Waals surface area contributed by atoms with E-state index in [1.54, 1.807) is 6.26 Å². The Morgan fingerprint density at radius 3 is 2.57 bits per heavy atom. The van der Waals surface area contributed by atoms with E-state index < -0.39 is 0 Å². The topological polar surface area (TPSA) is 37.2 Å². The van der Waals surface area contributed by atoms with Crippen LogP contribution in [0.25, 0.3) is 0 Å². The average molecular weight is 284 g/mol. The lowest BCUT2D eigenvalue weighted by molar-refractivity contribution is 0.293. The molecule has 1 aromatic heterocycles. The number of hydrogen-bond donors (Lipinski definition) is 2. The molecular weight excluding hydrogens is 260 g/mol. The maximum absolute atomic E-state index is 5.39. The van der Waals surface area contributed by atoms with Crippen LogP contribution >= 0.6 is 0 Å². The van der Waals surface area contributed by atoms with Crippen molar-refractivity contribution in [3.63, 3.8) is 0 Å². The van der Waals surface area contributed by atoms with Crippen molar-refractivity contribution in [2.24, 2.45) is 0 Å². The van der Waals surface area contributed by atoms with Gasteiger partial charge < -0.3 is 15.1 Å². The van der Waals surface area contributed by atoms with Gasteiger partial charge >= 0.3 is 0 Å². The molecule has 0 bridgehead atoms. The molecule has 112 valence electrons. The van der Waals surface area contributed by atoms with Crippen LogP contribution in [-0.2, 0) is 11.8 Å². The lowest BCUT2D eigenvalue weighted by Gasteiger charge is -2.38. The van der Waals surface area contributed by atoms with Crippen LogP contribution < -0.4 is 10.6 Å². The summed E-state index contributed by atoms with van der Waals surface area (Å²) in [6.07, 6.45) is 5.10. The van der Waals surface area contributed by atoms with Gasteiger partial charge in [-0.2, -0.15) is 0 Å². The third-order valence-electron chi connectivity index (χ3n) is 4.54. The van der Waals surface area contributed by atoms with E-state index in [1.807, 2.05) is 12.1 Å². The van der Waals surface area contributed by atoms with E-state index in [1.165, 1.54) is 18.4 Å². The average Bonchev–Trinajstić information content (AvgIpc) is 3.07. The number of hydrogen-bond acceptors (Lipinski definition) is 3. The zero-order valence-corrected chi connectivity index (χ0v) is 12.5. The second kappa shape index (κ2) is 6.92. The zero-order chi connectivity index (χ0) is 14.4. The van der Waals surface area contributed by atoms with Crippen molar-refractivity contribution in [3.8, 4) is 0 Å². The van der Waals surface area contributed by atoms with E-state index in [0.717, 1.165) is 38.4 Å². The van der Waals surface area contributed by atoms with Crippen LogP contribution in [0.5, 0.6) is 0 Å². The fraction of sp³-hybridized carbons (Fsp3) is 0.444. The Morgan fingerprint density at radius 1 is 1.05 bits per heavy atom. The summed E-state index contributed by atoms with van der Waals surface area (Å²) in [5, 5.41) is 7.12. The van der Waals surface area contributed by atoms with Crippen LogP contribution in [0.1, 0.15) is 24.2 Å². The smallest absolute Gasteiger partial charge is 0.105 e. The van der Waals surface area contributed by atoms with Crippen LogP contribution in [-0.4, -0.2) is 26.2 Å². The third-order valence-corrected chi connectivity index (χ3v) is 4.54. The molecule has 0 aliphatic carbocycles. The summed E-state index contributed by atoms with van der Waals surface area (Å²) in [5.41, 5.74) is 1.74. The van der Waals surface area contributed by atoms with Crippen molar-refractivity contribution in [3.05, 3.63) is 60.1 Å². The first kappa shape index (κ1) is 14.4. The molecule has 1 saturated heterocycles. The fourth-order valence-corrected chi connectivity index (χ4v) is 3.26. The molecule has 1 aromatic carbocycles. The summed E-state index contributed by atoms with van der Waals surface area (Å²) in [6, 6.07) is 15.0. The van der Waals surface area contributed by atoms with E-state index in [9.17, 15) is 0 Å². The largest absolute Gasteiger partial charge is 0.469 e. The van der Waals surface area contributed by atoms with Gasteiger partial charge in [0.05, 0.1) is 6.26 Å². The molecule has 0 unspecified atom stereocenters. The molecule has 0 saturated carbocycles. The summed E-state index contributed by atoms with van der Waals surface area (Å²) in [7, 11) is 0. The van der Waals surface area contributed by atoms with Crippen molar-refractivity contribution in [1.82, 2.24) is 10.6 Å². The Kier molecular flexibility index (Phi) is 4.73. The lowest BCUT2D eigenvalue weighted by Crippen LogP contribution is -2.46. The number of benzene rings is 1. The molecule has 1 aliphatic heterocycles. The quantitative estimate of drug-likeness (QED) is 0.801. The molecule has 0 radical (unpaired) electrons. The predicted molar refractivity (Wildman–Crippen MR) is 85.5 cm³/mol. The Morgan fingerprint density at radius 2 is 1.86 bits per heavy atom. The molecule has 2 aromatic rings. The van der Waals surface area contributed by atoms with Crippen molar-refractivity contribution in [1.29, 1.82) is 0 Å². The minimum absolute atomic E-state index is 0.273. The van der Waals surface area contributed by atoms with Gasteiger partial charge in [0, 0.05) is 24.9 Å². The molecule has 2 heterocycles. The first-order valence-electron chi connectivity index (χ1n) is 7.88. The summed E-state index contributed by atoms with van der Waals surface area (Å²) in [6.45, 7) is 4.22. The first-order chi connectivity index (χ1) is 10.4. The van der Waals surface area contributed by atoms with Gasteiger partial charge in [-0.3, -0.25) is 0 Å². The molecule has 0 amide bonds. The molecule has 2 N–H and O–H groups in total. The standard InChI is InChI=1S/C18H24N2O/c1-2-5-16(6-3-1)18(9-12-19-13-10-18)15-20-11-8-17-7-4-14-21-17/h1-7,14,19-20H,8-13,15H2. The molecule has 0 atom stereocenters. The number of piperidine rings is 1. The maximum atomic E-state index is 5.39. The third kappa shape index (κ3) is 3.55. The second-order valence-electron chi connectivity index (χ2n) is 5.90. The highest BCUT2D eigenvalue weighted by atomic mass is 16.3. The molecule has 3 nitrogen and oxygen atoms in total. The molecule has 1 aliphatic rings. The Bertz CT molecular complexity index is 515. The van der Waals surface area contributed by atoms with Crippen molar-refractivity contribution < 1.29 is 4.42 Å². The molecule has 0 spiro atoms. The molecule has 21 heavy (non-hydrogen) atoms. The van der Waals surface area contributed by atoms with Gasteiger partial charge in [-0.15, -0.1) is 0 Å². The number of nitrogens with one attached hydrogen (secondary N) is 2. The van der Waals surface area contributed by atoms with E-state index in [4.69, 9.17) is 4.42 Å². The zero-order valence-electron chi connectivity index (χ0n) is 12.5. The summed E-state index contributed by atoms with van der Waals surface area (Å²) >= 11 is 0. The van der Waals surface area contributed by atoms with Gasteiger partial charge in [0.15, 0.2) is 0 Å². The van der Waals surface area contributed by atoms with E-state index in [0.29, 0.717) is 0 Å². The first-order valence-corrected chi connectivity index (χ1v) is 7.88. The normalized spacial score (nSPS) is 17.7. The molecule has 3 heteroatoms. The van der Waals surface area contributed by atoms with Gasteiger partial charge in [-0.25, -0.2) is 0 Å². The number of rotatable bonds is 6. The highest BCUT2D eigenvalue weighted by Crippen LogP contribution is 2.32. The summed E-state index contributed by atoms with van der Waals surface area (Å²) < 4.78 is 5.39. The van der Waals surface area contributed by atoms with Gasteiger partial charge in [-0.1, -0.05) is 30.3 Å². The minimum atomic E-state index is 0.273. The Balaban J connectivity index is 1.60. The van der Waals surface area contributed by atoms with Crippen molar-refractivity contribution >= 4 is 0 Å². The molecular formula is C18H24N2O. The van der Waals surface area contributed by atoms with Crippen LogP contribution in [0.2, 0.25) is 0 Å². The Hall–Kier alpha value is -1.58. The lowest BCUT2D eigenvalue weighted by atomic mass is 9.73. The maximum Gasteiger partial charge on any atom is 0.105 e. The van der Waals surface area contributed by atoms with Crippen LogP contribution in [0.3, 0.4) is 0 Å². The van der Waals surface area contributed by atoms with Crippen molar-refractivity contribution in [2.45, 2.75) is 24.7 Å². The fourth-order valence-electron chi connectivity index (χ4n) is 3.26. The number of furan rings is 1. The van der Waals surface area contributed by atoms with Crippen LogP contribution in [0.4, 0.5) is 0 Å². The monoisotopic (exact) mass is 284 g/mol. The predicted octanol–water partition coefficient (Wildman–Crippen LogP) is 2.73. The van der Waals surface area contributed by atoms with Gasteiger partial charge in [-0.05, 0) is 43.6 Å². The van der Waals surface area contributed by atoms with Gasteiger partial charge in [0.1, 0.15) is 5.76 Å². The van der Waals surface area contributed by atoms with Crippen LogP contribution in [0, 0.1) is 0 Å².